The van der Waals surface area contributed by atoms with Gasteiger partial charge in [-0.05, 0) is 33.3 Å². The van der Waals surface area contributed by atoms with E-state index in [-0.39, 0.29) is 11.4 Å². The topological polar surface area (TPSA) is 55.0 Å². The van der Waals surface area contributed by atoms with Crippen molar-refractivity contribution in [2.75, 3.05) is 0 Å². The first kappa shape index (κ1) is 14.7. The van der Waals surface area contributed by atoms with Crippen LogP contribution in [-0.2, 0) is 21.4 Å². The number of carbonyl (C=O) groups excluding carboxylic acids is 1. The minimum atomic E-state index is -0.415. The Bertz CT molecular complexity index is 408. The smallest absolute Gasteiger partial charge is 0.306 e. The predicted octanol–water partition coefficient (Wildman–Crippen LogP) is 2.98. The van der Waals surface area contributed by atoms with Gasteiger partial charge in [0.25, 0.3) is 0 Å². The monoisotopic (exact) mass is 252 g/mol. The lowest BCUT2D eigenvalue weighted by Crippen LogP contribution is -2.24. The summed E-state index contributed by atoms with van der Waals surface area (Å²) in [4.78, 5) is 11.6. The zero-order valence-electron chi connectivity index (χ0n) is 12.3. The van der Waals surface area contributed by atoms with Crippen LogP contribution in [0, 0.1) is 0 Å². The maximum Gasteiger partial charge on any atom is 0.306 e. The van der Waals surface area contributed by atoms with Crippen LogP contribution in [0.15, 0.2) is 6.07 Å². The Kier molecular flexibility index (Phi) is 4.20. The van der Waals surface area contributed by atoms with E-state index in [0.29, 0.717) is 12.8 Å². The van der Waals surface area contributed by atoms with Crippen LogP contribution in [0.3, 0.4) is 0 Å². The van der Waals surface area contributed by atoms with Crippen LogP contribution >= 0.6 is 0 Å². The van der Waals surface area contributed by atoms with E-state index in [1.165, 1.54) is 0 Å². The lowest BCUT2D eigenvalue weighted by Gasteiger charge is -2.19. The highest BCUT2D eigenvalue weighted by Gasteiger charge is 2.19. The molecule has 0 radical (unpaired) electrons. The average Bonchev–Trinajstić information content (AvgIpc) is 2.59. The second-order valence-corrected chi connectivity index (χ2v) is 6.61. The number of carbonyl (C=O) groups is 1. The van der Waals surface area contributed by atoms with Crippen LogP contribution < -0.4 is 0 Å². The molecular weight excluding hydrogens is 228 g/mol. The summed E-state index contributed by atoms with van der Waals surface area (Å²) in [6.45, 7) is 12.0. The molecule has 0 atom stereocenters. The van der Waals surface area contributed by atoms with Crippen molar-refractivity contribution in [3.8, 4) is 0 Å². The second kappa shape index (κ2) is 5.12. The number of esters is 1. The van der Waals surface area contributed by atoms with Gasteiger partial charge >= 0.3 is 5.97 Å². The summed E-state index contributed by atoms with van der Waals surface area (Å²) < 4.78 is 5.26. The third-order valence-electron chi connectivity index (χ3n) is 2.42. The lowest BCUT2D eigenvalue weighted by atomic mass is 9.92. The molecule has 0 aliphatic heterocycles. The van der Waals surface area contributed by atoms with Crippen molar-refractivity contribution in [2.24, 2.45) is 0 Å². The maximum atomic E-state index is 11.6. The predicted molar refractivity (Wildman–Crippen MR) is 71.5 cm³/mol. The molecule has 0 spiro atoms. The van der Waals surface area contributed by atoms with Gasteiger partial charge in [0.1, 0.15) is 5.60 Å². The number of aryl methyl sites for hydroxylation is 1. The summed E-state index contributed by atoms with van der Waals surface area (Å²) in [7, 11) is 0. The number of nitrogens with one attached hydrogen (secondary N) is 1. The van der Waals surface area contributed by atoms with E-state index in [0.717, 1.165) is 11.4 Å². The summed E-state index contributed by atoms with van der Waals surface area (Å²) in [5.41, 5.74) is 1.61. The molecule has 1 aromatic rings. The van der Waals surface area contributed by atoms with E-state index in [1.54, 1.807) is 0 Å². The Balaban J connectivity index is 2.50. The molecule has 1 rings (SSSR count). The molecular formula is C14H24N2O2. The first-order valence-corrected chi connectivity index (χ1v) is 6.34. The van der Waals surface area contributed by atoms with Crippen LogP contribution in [0.2, 0.25) is 0 Å². The fourth-order valence-electron chi connectivity index (χ4n) is 1.50. The van der Waals surface area contributed by atoms with Gasteiger partial charge in [-0.25, -0.2) is 0 Å². The highest BCUT2D eigenvalue weighted by Crippen LogP contribution is 2.20. The molecule has 0 saturated heterocycles. The zero-order valence-corrected chi connectivity index (χ0v) is 12.3. The minimum absolute atomic E-state index is 0.0284. The van der Waals surface area contributed by atoms with Crippen molar-refractivity contribution in [1.29, 1.82) is 0 Å². The van der Waals surface area contributed by atoms with Gasteiger partial charge in [-0.1, -0.05) is 20.8 Å². The molecule has 0 unspecified atom stereocenters. The maximum absolute atomic E-state index is 11.6. The third-order valence-corrected chi connectivity index (χ3v) is 2.42. The molecule has 0 aliphatic rings. The minimum Gasteiger partial charge on any atom is -0.460 e. The third kappa shape index (κ3) is 4.90. The molecule has 1 aromatic heterocycles. The number of hydrogen-bond donors (Lipinski definition) is 1. The van der Waals surface area contributed by atoms with Crippen molar-refractivity contribution in [1.82, 2.24) is 10.2 Å². The van der Waals surface area contributed by atoms with Crippen molar-refractivity contribution in [3.05, 3.63) is 17.5 Å². The fraction of sp³-hybridized carbons (Fsp3) is 0.714. The Labute approximate surface area is 109 Å². The number of nitrogens with zero attached hydrogens (tertiary/aromatic N) is 1. The van der Waals surface area contributed by atoms with Crippen molar-refractivity contribution in [3.63, 3.8) is 0 Å². The number of hydrogen-bond acceptors (Lipinski definition) is 3. The van der Waals surface area contributed by atoms with E-state index >= 15 is 0 Å². The molecule has 0 bridgehead atoms. The normalized spacial score (nSPS) is 12.6. The summed E-state index contributed by atoms with van der Waals surface area (Å²) in [5.74, 6) is -0.172. The average molecular weight is 252 g/mol. The summed E-state index contributed by atoms with van der Waals surface area (Å²) in [6, 6.07) is 2.02. The molecule has 4 nitrogen and oxygen atoms in total. The Morgan fingerprint density at radius 2 is 1.89 bits per heavy atom. The van der Waals surface area contributed by atoms with Gasteiger partial charge < -0.3 is 4.74 Å². The standard InChI is InChI=1S/C14H24N2O2/c1-13(2,3)11-9-10(15-16-11)7-8-12(17)18-14(4,5)6/h9H,7-8H2,1-6H3,(H,15,16). The highest BCUT2D eigenvalue weighted by molar-refractivity contribution is 5.70. The Morgan fingerprint density at radius 3 is 2.33 bits per heavy atom. The van der Waals surface area contributed by atoms with Crippen molar-refractivity contribution < 1.29 is 9.53 Å². The quantitative estimate of drug-likeness (QED) is 0.841. The van der Waals surface area contributed by atoms with Gasteiger partial charge in [0.2, 0.25) is 0 Å². The summed E-state index contributed by atoms with van der Waals surface area (Å²) in [6.07, 6.45) is 1.01. The van der Waals surface area contributed by atoms with Gasteiger partial charge in [-0.15, -0.1) is 0 Å². The number of rotatable bonds is 3. The van der Waals surface area contributed by atoms with E-state index in [1.807, 2.05) is 26.8 Å². The molecule has 0 fully saturated rings. The summed E-state index contributed by atoms with van der Waals surface area (Å²) in [5, 5.41) is 7.24. The summed E-state index contributed by atoms with van der Waals surface area (Å²) >= 11 is 0. The van der Waals surface area contributed by atoms with Gasteiger partial charge in [-0.2, -0.15) is 5.10 Å². The van der Waals surface area contributed by atoms with Crippen molar-refractivity contribution in [2.45, 2.75) is 65.4 Å². The number of aromatic amines is 1. The number of aromatic nitrogens is 2. The molecule has 4 heteroatoms. The molecule has 18 heavy (non-hydrogen) atoms. The van der Waals surface area contributed by atoms with Crippen LogP contribution in [0.5, 0.6) is 0 Å². The van der Waals surface area contributed by atoms with E-state index < -0.39 is 5.60 Å². The molecule has 1 N–H and O–H groups in total. The Hall–Kier alpha value is -1.32. The SMILES string of the molecule is CC(C)(C)OC(=O)CCc1cc(C(C)(C)C)n[nH]1. The van der Waals surface area contributed by atoms with Crippen LogP contribution in [0.4, 0.5) is 0 Å². The highest BCUT2D eigenvalue weighted by atomic mass is 16.6. The van der Waals surface area contributed by atoms with Crippen LogP contribution in [-0.4, -0.2) is 21.8 Å². The van der Waals surface area contributed by atoms with E-state index in [4.69, 9.17) is 4.74 Å². The zero-order chi connectivity index (χ0) is 14.0. The molecule has 102 valence electrons. The van der Waals surface area contributed by atoms with E-state index in [9.17, 15) is 4.79 Å². The first-order chi connectivity index (χ1) is 8.08. The largest absolute Gasteiger partial charge is 0.460 e. The Morgan fingerprint density at radius 1 is 1.28 bits per heavy atom. The lowest BCUT2D eigenvalue weighted by molar-refractivity contribution is -0.154. The molecule has 1 heterocycles. The van der Waals surface area contributed by atoms with Crippen LogP contribution in [0.25, 0.3) is 0 Å². The second-order valence-electron chi connectivity index (χ2n) is 6.61. The molecule has 0 saturated carbocycles. The van der Waals surface area contributed by atoms with E-state index in [2.05, 4.69) is 31.0 Å². The van der Waals surface area contributed by atoms with Crippen molar-refractivity contribution >= 4 is 5.97 Å². The van der Waals surface area contributed by atoms with Gasteiger partial charge in [0.05, 0.1) is 12.1 Å². The van der Waals surface area contributed by atoms with Gasteiger partial charge in [0, 0.05) is 11.1 Å². The van der Waals surface area contributed by atoms with Crippen LogP contribution in [0.1, 0.15) is 59.4 Å². The molecule has 0 aliphatic carbocycles. The number of H-pyrrole nitrogens is 1. The first-order valence-electron chi connectivity index (χ1n) is 6.34. The molecule has 0 aromatic carbocycles. The van der Waals surface area contributed by atoms with Gasteiger partial charge in [0.15, 0.2) is 0 Å². The van der Waals surface area contributed by atoms with Gasteiger partial charge in [-0.3, -0.25) is 9.89 Å². The number of ether oxygens (including phenoxy) is 1. The fourth-order valence-corrected chi connectivity index (χ4v) is 1.50. The molecule has 0 amide bonds.